The Morgan fingerprint density at radius 2 is 1.00 bits per heavy atom. The molecule has 0 aliphatic carbocycles. The van der Waals surface area contributed by atoms with Gasteiger partial charge in [-0.25, -0.2) is 0 Å². The number of benzene rings is 1. The Balaban J connectivity index is 0.000000555. The maximum atomic E-state index is 12.1. The van der Waals surface area contributed by atoms with E-state index in [1.165, 1.54) is 0 Å². The summed E-state index contributed by atoms with van der Waals surface area (Å²) in [6, 6.07) is 2.64. The normalized spacial score (nSPS) is 12.6. The topological polar surface area (TPSA) is 34.1 Å². The molecule has 1 rings (SSSR count). The second-order valence-corrected chi connectivity index (χ2v) is 6.59. The van der Waals surface area contributed by atoms with Crippen molar-refractivity contribution in [1.82, 2.24) is 0 Å². The SMILES string of the molecule is FC(F)(F)c1ccccc1C(F)(F)F.O=S(=O)(Cl)Cl. The van der Waals surface area contributed by atoms with Crippen molar-refractivity contribution in [3.63, 3.8) is 0 Å². The molecule has 0 spiro atoms. The molecule has 0 atom stereocenters. The van der Waals surface area contributed by atoms with Gasteiger partial charge in [0.2, 0.25) is 0 Å². The van der Waals surface area contributed by atoms with Crippen molar-refractivity contribution < 1.29 is 34.8 Å². The molecule has 11 heteroatoms. The second-order valence-electron chi connectivity index (χ2n) is 2.92. The van der Waals surface area contributed by atoms with Crippen LogP contribution in [-0.4, -0.2) is 8.42 Å². The maximum absolute atomic E-state index is 12.1. The lowest BCUT2D eigenvalue weighted by molar-refractivity contribution is -0.162. The molecule has 0 fully saturated rings. The molecule has 0 bridgehead atoms. The second kappa shape index (κ2) is 6.19. The van der Waals surface area contributed by atoms with Gasteiger partial charge < -0.3 is 0 Å². The van der Waals surface area contributed by atoms with E-state index in [4.69, 9.17) is 8.42 Å². The van der Waals surface area contributed by atoms with Crippen molar-refractivity contribution in [2.45, 2.75) is 12.4 Å². The van der Waals surface area contributed by atoms with Crippen LogP contribution in [0.4, 0.5) is 26.3 Å². The van der Waals surface area contributed by atoms with E-state index in [0.717, 1.165) is 12.1 Å². The zero-order chi connectivity index (χ0) is 15.5. The largest absolute Gasteiger partial charge is 0.417 e. The van der Waals surface area contributed by atoms with E-state index in [-0.39, 0.29) is 0 Å². The minimum Gasteiger partial charge on any atom is -0.195 e. The first-order valence-corrected chi connectivity index (χ1v) is 7.24. The smallest absolute Gasteiger partial charge is 0.195 e. The third-order valence-corrected chi connectivity index (χ3v) is 1.54. The summed E-state index contributed by atoms with van der Waals surface area (Å²) in [6.07, 6.45) is -9.96. The Hall–Kier alpha value is -0.670. The lowest BCUT2D eigenvalue weighted by Gasteiger charge is -2.14. The Kier molecular flexibility index (Phi) is 5.97. The van der Waals surface area contributed by atoms with Crippen LogP contribution >= 0.6 is 21.4 Å². The minimum absolute atomic E-state index is 0.406. The molecule has 0 aliphatic rings. The van der Waals surface area contributed by atoms with Crippen molar-refractivity contribution in [2.75, 3.05) is 0 Å². The molecule has 110 valence electrons. The van der Waals surface area contributed by atoms with E-state index < -0.39 is 31.7 Å². The molecule has 0 aromatic heterocycles. The third-order valence-electron chi connectivity index (χ3n) is 1.54. The fourth-order valence-corrected chi connectivity index (χ4v) is 0.978. The summed E-state index contributed by atoms with van der Waals surface area (Å²) >= 11 is 0. The Bertz CT molecular complexity index is 482. The van der Waals surface area contributed by atoms with Gasteiger partial charge in [-0.15, -0.1) is 0 Å². The van der Waals surface area contributed by atoms with Gasteiger partial charge in [0.05, 0.1) is 11.1 Å². The first kappa shape index (κ1) is 18.3. The molecule has 0 saturated carbocycles. The van der Waals surface area contributed by atoms with Crippen LogP contribution in [0, 0.1) is 0 Å². The Labute approximate surface area is 112 Å². The number of hydrogen-bond acceptors (Lipinski definition) is 2. The highest BCUT2D eigenvalue weighted by Crippen LogP contribution is 2.39. The summed E-state index contributed by atoms with van der Waals surface area (Å²) < 4.78 is 90.8. The summed E-state index contributed by atoms with van der Waals surface area (Å²) in [5.41, 5.74) is -3.32. The quantitative estimate of drug-likeness (QED) is 0.513. The number of alkyl halides is 6. The molecular formula is C8H4Cl2F6O2S. The van der Waals surface area contributed by atoms with Crippen LogP contribution < -0.4 is 0 Å². The molecule has 0 aliphatic heterocycles. The predicted molar refractivity (Wildman–Crippen MR) is 57.1 cm³/mol. The molecule has 1 aromatic carbocycles. The fraction of sp³-hybridized carbons (Fsp3) is 0.250. The van der Waals surface area contributed by atoms with Gasteiger partial charge in [0, 0.05) is 21.4 Å². The molecule has 19 heavy (non-hydrogen) atoms. The van der Waals surface area contributed by atoms with Crippen LogP contribution in [0.25, 0.3) is 0 Å². The lowest BCUT2D eigenvalue weighted by Crippen LogP contribution is -2.15. The van der Waals surface area contributed by atoms with Gasteiger partial charge in [-0.2, -0.15) is 34.8 Å². The van der Waals surface area contributed by atoms with Crippen molar-refractivity contribution >= 4 is 29.6 Å². The van der Waals surface area contributed by atoms with Crippen LogP contribution in [0.15, 0.2) is 24.3 Å². The van der Waals surface area contributed by atoms with Gasteiger partial charge in [0.1, 0.15) is 0 Å². The standard InChI is InChI=1S/C8H4F6.Cl2O2S/c9-7(10,11)5-3-1-2-4-6(5)8(12,13)14;1-5(2,3)4/h1-4H;. The molecule has 0 saturated heterocycles. The zero-order valence-electron chi connectivity index (χ0n) is 8.56. The van der Waals surface area contributed by atoms with Gasteiger partial charge >= 0.3 is 20.6 Å². The van der Waals surface area contributed by atoms with Crippen LogP contribution in [0.2, 0.25) is 0 Å². The van der Waals surface area contributed by atoms with Crippen molar-refractivity contribution in [3.8, 4) is 0 Å². The summed E-state index contributed by atoms with van der Waals surface area (Å²) in [6.45, 7) is 0. The van der Waals surface area contributed by atoms with E-state index in [1.807, 2.05) is 0 Å². The minimum atomic E-state index is -4.98. The summed E-state index contributed by atoms with van der Waals surface area (Å²) in [5.74, 6) is 0. The molecule has 0 unspecified atom stereocenters. The van der Waals surface area contributed by atoms with Gasteiger partial charge in [0.15, 0.2) is 0 Å². The third kappa shape index (κ3) is 8.17. The van der Waals surface area contributed by atoms with Crippen molar-refractivity contribution in [1.29, 1.82) is 0 Å². The summed E-state index contributed by atoms with van der Waals surface area (Å²) in [7, 11) is 4.81. The van der Waals surface area contributed by atoms with E-state index >= 15 is 0 Å². The number of rotatable bonds is 0. The zero-order valence-corrected chi connectivity index (χ0v) is 10.9. The fourth-order valence-electron chi connectivity index (χ4n) is 0.978. The molecule has 0 heterocycles. The Morgan fingerprint density at radius 1 is 0.789 bits per heavy atom. The van der Waals surface area contributed by atoms with E-state index in [0.29, 0.717) is 12.1 Å². The maximum Gasteiger partial charge on any atom is 0.417 e. The average Bonchev–Trinajstić information content (AvgIpc) is 2.12. The van der Waals surface area contributed by atoms with Crippen LogP contribution in [0.1, 0.15) is 11.1 Å². The van der Waals surface area contributed by atoms with Gasteiger partial charge in [-0.05, 0) is 12.1 Å². The molecular weight excluding hydrogens is 345 g/mol. The first-order valence-electron chi connectivity index (χ1n) is 4.10. The average molecular weight is 349 g/mol. The molecule has 0 N–H and O–H groups in total. The van der Waals surface area contributed by atoms with E-state index in [9.17, 15) is 26.3 Å². The first-order chi connectivity index (χ1) is 8.23. The van der Waals surface area contributed by atoms with Crippen molar-refractivity contribution in [3.05, 3.63) is 35.4 Å². The highest BCUT2D eigenvalue weighted by molar-refractivity contribution is 8.31. The highest BCUT2D eigenvalue weighted by Gasteiger charge is 2.42. The van der Waals surface area contributed by atoms with Gasteiger partial charge in [-0.3, -0.25) is 0 Å². The highest BCUT2D eigenvalue weighted by atomic mass is 36.0. The predicted octanol–water partition coefficient (Wildman–Crippen LogP) is 4.43. The summed E-state index contributed by atoms with van der Waals surface area (Å²) in [4.78, 5) is 0. The number of halogens is 8. The van der Waals surface area contributed by atoms with Gasteiger partial charge in [0.25, 0.3) is 0 Å². The van der Waals surface area contributed by atoms with Crippen LogP contribution in [0.3, 0.4) is 0 Å². The van der Waals surface area contributed by atoms with Crippen LogP contribution in [0.5, 0.6) is 0 Å². The van der Waals surface area contributed by atoms with Crippen molar-refractivity contribution in [2.24, 2.45) is 0 Å². The molecule has 0 radical (unpaired) electrons. The van der Waals surface area contributed by atoms with Gasteiger partial charge in [-0.1, -0.05) is 12.1 Å². The molecule has 1 aromatic rings. The van der Waals surface area contributed by atoms with Crippen LogP contribution in [-0.2, 0) is 20.6 Å². The van der Waals surface area contributed by atoms with E-state index in [2.05, 4.69) is 21.4 Å². The Morgan fingerprint density at radius 3 is 1.16 bits per heavy atom. The number of hydrogen-bond donors (Lipinski definition) is 0. The van der Waals surface area contributed by atoms with E-state index in [1.54, 1.807) is 0 Å². The monoisotopic (exact) mass is 348 g/mol. The lowest BCUT2D eigenvalue weighted by atomic mass is 10.1. The molecule has 0 amide bonds. The molecule has 2 nitrogen and oxygen atoms in total. The summed E-state index contributed by atoms with van der Waals surface area (Å²) in [5, 5.41) is 0.